The number of hydrogen-bond donors (Lipinski definition) is 2. The fourth-order valence-electron chi connectivity index (χ4n) is 3.55. The molecule has 164 valence electrons. The molecular weight excluding hydrogens is 452 g/mol. The highest BCUT2D eigenvalue weighted by atomic mass is 32.2. The summed E-state index contributed by atoms with van der Waals surface area (Å²) in [5.41, 5.74) is 0.802. The number of rotatable bonds is 5. The quantitative estimate of drug-likeness (QED) is 0.569. The molecule has 0 bridgehead atoms. The van der Waals surface area contributed by atoms with Gasteiger partial charge in [0.05, 0.1) is 28.6 Å². The van der Waals surface area contributed by atoms with Crippen molar-refractivity contribution < 1.29 is 23.1 Å². The summed E-state index contributed by atoms with van der Waals surface area (Å²) in [6.45, 7) is 0. The number of hydrogen-bond acceptors (Lipinski definition) is 7. The third-order valence-corrected chi connectivity index (χ3v) is 7.26. The third kappa shape index (κ3) is 3.53. The first kappa shape index (κ1) is 20.6. The number of aromatic hydroxyl groups is 1. The molecular formula is C21H18N4O5S2. The summed E-state index contributed by atoms with van der Waals surface area (Å²) in [6, 6.07) is 11.1. The molecule has 9 nitrogen and oxygen atoms in total. The molecule has 1 aliphatic carbocycles. The number of amides is 1. The molecule has 1 fully saturated rings. The first-order valence-electron chi connectivity index (χ1n) is 9.70. The molecule has 0 spiro atoms. The lowest BCUT2D eigenvalue weighted by Gasteiger charge is -2.03. The molecule has 1 amide bonds. The maximum absolute atomic E-state index is 12.7. The van der Waals surface area contributed by atoms with E-state index >= 15 is 0 Å². The number of methoxy groups -OCH3 is 1. The zero-order chi connectivity index (χ0) is 22.6. The number of primary sulfonamides is 1. The van der Waals surface area contributed by atoms with E-state index < -0.39 is 15.9 Å². The summed E-state index contributed by atoms with van der Waals surface area (Å²) in [7, 11) is -2.26. The number of sulfonamides is 1. The van der Waals surface area contributed by atoms with E-state index in [0.717, 1.165) is 12.8 Å². The topological polar surface area (TPSA) is 136 Å². The molecule has 1 saturated carbocycles. The average molecular weight is 471 g/mol. The van der Waals surface area contributed by atoms with Crippen molar-refractivity contribution in [2.75, 3.05) is 7.11 Å². The second-order valence-electron chi connectivity index (χ2n) is 7.46. The minimum atomic E-state index is -3.80. The highest BCUT2D eigenvalue weighted by Crippen LogP contribution is 2.40. The van der Waals surface area contributed by atoms with E-state index in [1.54, 1.807) is 22.8 Å². The van der Waals surface area contributed by atoms with Crippen molar-refractivity contribution in [3.8, 4) is 11.6 Å². The first-order valence-corrected chi connectivity index (χ1v) is 12.1. The van der Waals surface area contributed by atoms with Crippen molar-refractivity contribution in [2.45, 2.75) is 23.8 Å². The molecule has 2 aromatic carbocycles. The number of nitrogens with two attached hydrogens (primary N) is 1. The van der Waals surface area contributed by atoms with Gasteiger partial charge in [-0.2, -0.15) is 0 Å². The molecule has 0 unspecified atom stereocenters. The zero-order valence-corrected chi connectivity index (χ0v) is 18.5. The van der Waals surface area contributed by atoms with Crippen molar-refractivity contribution in [3.05, 3.63) is 62.7 Å². The minimum absolute atomic E-state index is 0.0134. The number of benzene rings is 2. The summed E-state index contributed by atoms with van der Waals surface area (Å²) >= 11 is 1.18. The van der Waals surface area contributed by atoms with Crippen LogP contribution in [0.1, 0.15) is 23.8 Å². The van der Waals surface area contributed by atoms with Gasteiger partial charge in [0.25, 0.3) is 5.91 Å². The van der Waals surface area contributed by atoms with Crippen LogP contribution < -0.4 is 25.3 Å². The van der Waals surface area contributed by atoms with Gasteiger partial charge in [-0.1, -0.05) is 11.3 Å². The standard InChI is InChI=1S/C21H18N4O5S2/c1-30-13-6-9-16-15(10-13)17(19(26)24-16)18-20(27)25(12-4-5-12)21(31-18)23-11-2-7-14(8-3-11)32(22,28)29/h2-3,6-10,12,27H,4-5H2,1H3,(H2,22,28,29). The average Bonchev–Trinajstić information content (AvgIpc) is 3.46. The number of ether oxygens (including phenoxy) is 1. The number of fused-ring (bicyclic) bond motifs is 1. The van der Waals surface area contributed by atoms with Crippen LogP contribution in [0.3, 0.4) is 0 Å². The van der Waals surface area contributed by atoms with Crippen molar-refractivity contribution in [1.82, 2.24) is 4.57 Å². The Labute approximate surface area is 186 Å². The Morgan fingerprint density at radius 3 is 2.56 bits per heavy atom. The van der Waals surface area contributed by atoms with Crippen LogP contribution in [0.25, 0.3) is 5.57 Å². The number of carbonyl (C=O) groups excluding carboxylic acids is 1. The van der Waals surface area contributed by atoms with E-state index in [1.807, 2.05) is 0 Å². The Morgan fingerprint density at radius 1 is 1.22 bits per heavy atom. The van der Waals surface area contributed by atoms with Crippen LogP contribution in [-0.2, 0) is 14.8 Å². The van der Waals surface area contributed by atoms with E-state index in [9.17, 15) is 18.3 Å². The smallest absolute Gasteiger partial charge is 0.279 e. The lowest BCUT2D eigenvalue weighted by molar-refractivity contribution is -0.112. The van der Waals surface area contributed by atoms with Crippen LogP contribution >= 0.6 is 11.3 Å². The Hall–Kier alpha value is -3.28. The summed E-state index contributed by atoms with van der Waals surface area (Å²) in [5.74, 6) is 0.112. The monoisotopic (exact) mass is 470 g/mol. The highest BCUT2D eigenvalue weighted by molar-refractivity contribution is 7.89. The van der Waals surface area contributed by atoms with E-state index in [2.05, 4.69) is 9.98 Å². The molecule has 0 saturated heterocycles. The summed E-state index contributed by atoms with van der Waals surface area (Å²) in [4.78, 5) is 22.3. The predicted molar refractivity (Wildman–Crippen MR) is 117 cm³/mol. The van der Waals surface area contributed by atoms with Crippen LogP contribution in [0, 0.1) is 0 Å². The van der Waals surface area contributed by atoms with E-state index in [4.69, 9.17) is 9.88 Å². The largest absolute Gasteiger partial charge is 0.497 e. The SMILES string of the molecule is COc1ccc2c(c1)=C(c1sc(=Nc3ccc(S(N)(=O)=O)cc3)n(C3CC3)c1O)C(=O)N=2. The number of aromatic nitrogens is 1. The molecule has 11 heteroatoms. The summed E-state index contributed by atoms with van der Waals surface area (Å²) in [5, 5.41) is 17.3. The van der Waals surface area contributed by atoms with Gasteiger partial charge in [0.2, 0.25) is 15.9 Å². The highest BCUT2D eigenvalue weighted by Gasteiger charge is 2.32. The molecule has 1 aromatic heterocycles. The van der Waals surface area contributed by atoms with Crippen LogP contribution in [0.2, 0.25) is 0 Å². The Morgan fingerprint density at radius 2 is 1.94 bits per heavy atom. The second kappa shape index (κ2) is 7.40. The molecule has 0 atom stereocenters. The van der Waals surface area contributed by atoms with E-state index in [1.165, 1.54) is 42.7 Å². The fraction of sp³-hybridized carbons (Fsp3) is 0.190. The molecule has 3 aromatic rings. The predicted octanol–water partition coefficient (Wildman–Crippen LogP) is 0.837. The molecule has 5 rings (SSSR count). The molecule has 2 aliphatic rings. The Bertz CT molecular complexity index is 1560. The molecule has 3 N–H and O–H groups in total. The number of nitrogens with zero attached hydrogens (tertiary/aromatic N) is 3. The van der Waals surface area contributed by atoms with Gasteiger partial charge in [0, 0.05) is 11.3 Å². The maximum Gasteiger partial charge on any atom is 0.279 e. The van der Waals surface area contributed by atoms with Crippen LogP contribution in [0.15, 0.2) is 57.3 Å². The molecule has 1 aliphatic heterocycles. The summed E-state index contributed by atoms with van der Waals surface area (Å²) in [6.07, 6.45) is 1.78. The van der Waals surface area contributed by atoms with Crippen LogP contribution in [0.4, 0.5) is 5.69 Å². The van der Waals surface area contributed by atoms with Crippen molar-refractivity contribution >= 4 is 38.5 Å². The van der Waals surface area contributed by atoms with Crippen LogP contribution in [-0.4, -0.2) is 31.1 Å². The van der Waals surface area contributed by atoms with Gasteiger partial charge in [-0.3, -0.25) is 9.36 Å². The minimum Gasteiger partial charge on any atom is -0.497 e. The second-order valence-corrected chi connectivity index (χ2v) is 10.0. The lowest BCUT2D eigenvalue weighted by atomic mass is 10.1. The van der Waals surface area contributed by atoms with Gasteiger partial charge >= 0.3 is 0 Å². The molecule has 2 heterocycles. The maximum atomic E-state index is 12.7. The van der Waals surface area contributed by atoms with E-state index in [0.29, 0.717) is 37.3 Å². The number of thiazole rings is 1. The van der Waals surface area contributed by atoms with Crippen molar-refractivity contribution in [3.63, 3.8) is 0 Å². The first-order chi connectivity index (χ1) is 15.3. The van der Waals surface area contributed by atoms with Gasteiger partial charge in [-0.15, -0.1) is 0 Å². The third-order valence-electron chi connectivity index (χ3n) is 5.27. The normalized spacial score (nSPS) is 16.2. The van der Waals surface area contributed by atoms with Gasteiger partial charge in [-0.25, -0.2) is 23.5 Å². The molecule has 32 heavy (non-hydrogen) atoms. The zero-order valence-electron chi connectivity index (χ0n) is 16.8. The van der Waals surface area contributed by atoms with E-state index in [-0.39, 0.29) is 16.8 Å². The Balaban J connectivity index is 1.70. The van der Waals surface area contributed by atoms with Gasteiger partial charge in [-0.05, 0) is 55.3 Å². The fourth-order valence-corrected chi connectivity index (χ4v) is 5.22. The molecule has 0 radical (unpaired) electrons. The van der Waals surface area contributed by atoms with Gasteiger partial charge < -0.3 is 9.84 Å². The summed E-state index contributed by atoms with van der Waals surface area (Å²) < 4.78 is 30.0. The lowest BCUT2D eigenvalue weighted by Crippen LogP contribution is -2.23. The van der Waals surface area contributed by atoms with Crippen molar-refractivity contribution in [1.29, 1.82) is 0 Å². The van der Waals surface area contributed by atoms with Crippen molar-refractivity contribution in [2.24, 2.45) is 15.1 Å². The van der Waals surface area contributed by atoms with Gasteiger partial charge in [0.1, 0.15) is 10.6 Å². The van der Waals surface area contributed by atoms with Crippen LogP contribution in [0.5, 0.6) is 11.6 Å². The Kier molecular flexibility index (Phi) is 4.77. The van der Waals surface area contributed by atoms with Gasteiger partial charge in [0.15, 0.2) is 4.80 Å². The number of carbonyl (C=O) groups is 1.